The van der Waals surface area contributed by atoms with E-state index in [2.05, 4.69) is 10.2 Å². The summed E-state index contributed by atoms with van der Waals surface area (Å²) in [6, 6.07) is 4.34. The molecule has 1 heterocycles. The van der Waals surface area contributed by atoms with E-state index in [1.807, 2.05) is 0 Å². The molecule has 0 atom stereocenters. The van der Waals surface area contributed by atoms with E-state index in [1.165, 1.54) is 0 Å². The Kier molecular flexibility index (Phi) is 3.28. The van der Waals surface area contributed by atoms with Crippen molar-refractivity contribution in [2.75, 3.05) is 26.2 Å². The molecular formula is C11H14F2N2. The minimum atomic E-state index is -0.761. The van der Waals surface area contributed by atoms with E-state index >= 15 is 0 Å². The quantitative estimate of drug-likeness (QED) is 0.796. The maximum atomic E-state index is 13.3. The monoisotopic (exact) mass is 212 g/mol. The second-order valence-corrected chi connectivity index (χ2v) is 3.74. The van der Waals surface area contributed by atoms with Gasteiger partial charge in [0, 0.05) is 38.3 Å². The molecular weight excluding hydrogens is 198 g/mol. The van der Waals surface area contributed by atoms with E-state index in [4.69, 9.17) is 0 Å². The number of nitrogens with one attached hydrogen (secondary N) is 1. The molecule has 0 unspecified atom stereocenters. The van der Waals surface area contributed by atoms with Crippen molar-refractivity contribution in [2.24, 2.45) is 0 Å². The van der Waals surface area contributed by atoms with Crippen molar-refractivity contribution in [3.8, 4) is 0 Å². The van der Waals surface area contributed by atoms with E-state index < -0.39 is 11.6 Å². The minimum Gasteiger partial charge on any atom is -0.314 e. The highest BCUT2D eigenvalue weighted by Gasteiger charge is 2.13. The zero-order chi connectivity index (χ0) is 10.7. The summed E-state index contributed by atoms with van der Waals surface area (Å²) in [4.78, 5) is 2.12. The Morgan fingerprint density at radius 1 is 1.20 bits per heavy atom. The number of hydrogen-bond donors (Lipinski definition) is 1. The van der Waals surface area contributed by atoms with Gasteiger partial charge in [-0.3, -0.25) is 4.90 Å². The van der Waals surface area contributed by atoms with Crippen molar-refractivity contribution in [3.63, 3.8) is 0 Å². The van der Waals surface area contributed by atoms with E-state index in [0.29, 0.717) is 12.1 Å². The molecule has 0 saturated carbocycles. The van der Waals surface area contributed by atoms with Gasteiger partial charge in [-0.1, -0.05) is 12.1 Å². The van der Waals surface area contributed by atoms with Gasteiger partial charge in [0.05, 0.1) is 0 Å². The Morgan fingerprint density at radius 3 is 2.67 bits per heavy atom. The van der Waals surface area contributed by atoms with Gasteiger partial charge in [-0.15, -0.1) is 0 Å². The van der Waals surface area contributed by atoms with Gasteiger partial charge >= 0.3 is 0 Å². The van der Waals surface area contributed by atoms with Crippen molar-refractivity contribution in [1.82, 2.24) is 10.2 Å². The summed E-state index contributed by atoms with van der Waals surface area (Å²) in [7, 11) is 0. The Hall–Kier alpha value is -1.00. The molecule has 1 saturated heterocycles. The van der Waals surface area contributed by atoms with Crippen LogP contribution in [-0.4, -0.2) is 31.1 Å². The Balaban J connectivity index is 2.06. The zero-order valence-electron chi connectivity index (χ0n) is 8.47. The smallest absolute Gasteiger partial charge is 0.163 e. The van der Waals surface area contributed by atoms with Crippen LogP contribution in [0.5, 0.6) is 0 Å². The fraction of sp³-hybridized carbons (Fsp3) is 0.455. The van der Waals surface area contributed by atoms with E-state index in [-0.39, 0.29) is 0 Å². The molecule has 0 spiro atoms. The number of rotatable bonds is 2. The van der Waals surface area contributed by atoms with Gasteiger partial charge in [0.25, 0.3) is 0 Å². The van der Waals surface area contributed by atoms with Gasteiger partial charge < -0.3 is 5.32 Å². The molecule has 2 nitrogen and oxygen atoms in total. The molecule has 0 bridgehead atoms. The molecule has 2 rings (SSSR count). The highest BCUT2D eigenvalue weighted by molar-refractivity contribution is 5.18. The van der Waals surface area contributed by atoms with Crippen LogP contribution in [0.4, 0.5) is 8.78 Å². The summed E-state index contributed by atoms with van der Waals surface area (Å²) >= 11 is 0. The third-order valence-electron chi connectivity index (χ3n) is 2.64. The lowest BCUT2D eigenvalue weighted by Gasteiger charge is -2.27. The van der Waals surface area contributed by atoms with Crippen LogP contribution < -0.4 is 5.32 Å². The number of hydrogen-bond acceptors (Lipinski definition) is 2. The van der Waals surface area contributed by atoms with Gasteiger partial charge in [-0.2, -0.15) is 0 Å². The first-order valence-corrected chi connectivity index (χ1v) is 5.13. The van der Waals surface area contributed by atoms with Crippen LogP contribution in [0.3, 0.4) is 0 Å². The topological polar surface area (TPSA) is 15.3 Å². The third-order valence-corrected chi connectivity index (χ3v) is 2.64. The molecule has 0 aromatic heterocycles. The number of benzene rings is 1. The van der Waals surface area contributed by atoms with Gasteiger partial charge in [-0.25, -0.2) is 8.78 Å². The number of halogens is 2. The van der Waals surface area contributed by atoms with Gasteiger partial charge in [0.1, 0.15) is 0 Å². The van der Waals surface area contributed by atoms with Crippen molar-refractivity contribution < 1.29 is 8.78 Å². The van der Waals surface area contributed by atoms with Crippen molar-refractivity contribution in [3.05, 3.63) is 35.4 Å². The van der Waals surface area contributed by atoms with Gasteiger partial charge in [-0.05, 0) is 6.07 Å². The molecule has 0 radical (unpaired) electrons. The summed E-state index contributed by atoms with van der Waals surface area (Å²) in [5, 5.41) is 3.22. The molecule has 1 aromatic carbocycles. The lowest BCUT2D eigenvalue weighted by atomic mass is 10.2. The van der Waals surface area contributed by atoms with Crippen LogP contribution >= 0.6 is 0 Å². The molecule has 1 aliphatic rings. The largest absolute Gasteiger partial charge is 0.314 e. The highest BCUT2D eigenvalue weighted by atomic mass is 19.2. The average molecular weight is 212 g/mol. The van der Waals surface area contributed by atoms with Crippen LogP contribution in [0.1, 0.15) is 5.56 Å². The minimum absolute atomic E-state index is 0.442. The predicted octanol–water partition coefficient (Wildman–Crippen LogP) is 1.37. The first-order chi connectivity index (χ1) is 7.27. The van der Waals surface area contributed by atoms with Crippen LogP contribution in [0.15, 0.2) is 18.2 Å². The summed E-state index contributed by atoms with van der Waals surface area (Å²) in [6.45, 7) is 4.09. The van der Waals surface area contributed by atoms with E-state index in [1.54, 1.807) is 12.1 Å². The standard InChI is InChI=1S/C11H14F2N2/c12-10-3-1-2-9(11(10)13)8-15-6-4-14-5-7-15/h1-3,14H,4-8H2. The van der Waals surface area contributed by atoms with Gasteiger partial charge in [0.15, 0.2) is 11.6 Å². The zero-order valence-corrected chi connectivity index (χ0v) is 8.47. The van der Waals surface area contributed by atoms with Crippen molar-refractivity contribution in [2.45, 2.75) is 6.54 Å². The maximum Gasteiger partial charge on any atom is 0.163 e. The van der Waals surface area contributed by atoms with Crippen LogP contribution in [0, 0.1) is 11.6 Å². The molecule has 15 heavy (non-hydrogen) atoms. The third kappa shape index (κ3) is 2.52. The normalized spacial score (nSPS) is 18.0. The van der Waals surface area contributed by atoms with Crippen LogP contribution in [0.25, 0.3) is 0 Å². The lowest BCUT2D eigenvalue weighted by molar-refractivity contribution is 0.229. The first kappa shape index (κ1) is 10.5. The molecule has 82 valence electrons. The second kappa shape index (κ2) is 4.68. The van der Waals surface area contributed by atoms with Crippen molar-refractivity contribution >= 4 is 0 Å². The fourth-order valence-electron chi connectivity index (χ4n) is 1.78. The Labute approximate surface area is 87.9 Å². The first-order valence-electron chi connectivity index (χ1n) is 5.13. The number of nitrogens with zero attached hydrogens (tertiary/aromatic N) is 1. The average Bonchev–Trinajstić information content (AvgIpc) is 2.26. The molecule has 1 fully saturated rings. The van der Waals surface area contributed by atoms with Crippen LogP contribution in [-0.2, 0) is 6.54 Å². The van der Waals surface area contributed by atoms with Crippen LogP contribution in [0.2, 0.25) is 0 Å². The van der Waals surface area contributed by atoms with Gasteiger partial charge in [0.2, 0.25) is 0 Å². The maximum absolute atomic E-state index is 13.3. The Bertz CT molecular complexity index is 335. The van der Waals surface area contributed by atoms with Crippen molar-refractivity contribution in [1.29, 1.82) is 0 Å². The van der Waals surface area contributed by atoms with E-state index in [0.717, 1.165) is 32.2 Å². The summed E-state index contributed by atoms with van der Waals surface area (Å²) in [6.07, 6.45) is 0. The molecule has 1 aliphatic heterocycles. The molecule has 0 aliphatic carbocycles. The summed E-state index contributed by atoms with van der Waals surface area (Å²) in [5.41, 5.74) is 0.442. The summed E-state index contributed by atoms with van der Waals surface area (Å²) < 4.78 is 26.3. The molecule has 1 aromatic rings. The predicted molar refractivity (Wildman–Crippen MR) is 54.5 cm³/mol. The molecule has 0 amide bonds. The number of piperazine rings is 1. The Morgan fingerprint density at radius 2 is 1.93 bits per heavy atom. The van der Waals surface area contributed by atoms with E-state index in [9.17, 15) is 8.78 Å². The lowest BCUT2D eigenvalue weighted by Crippen LogP contribution is -2.43. The highest BCUT2D eigenvalue weighted by Crippen LogP contribution is 2.13. The molecule has 4 heteroatoms. The SMILES string of the molecule is Fc1cccc(CN2CCNCC2)c1F. The molecule has 1 N–H and O–H groups in total. The fourth-order valence-corrected chi connectivity index (χ4v) is 1.78. The summed E-state index contributed by atoms with van der Waals surface area (Å²) in [5.74, 6) is -1.47. The second-order valence-electron chi connectivity index (χ2n) is 3.74.